The molecule has 1 aromatic carbocycles. The second-order valence-electron chi connectivity index (χ2n) is 5.61. The zero-order valence-corrected chi connectivity index (χ0v) is 18.5. The number of amides is 1. The van der Waals surface area contributed by atoms with Crippen molar-refractivity contribution in [3.8, 4) is 0 Å². The summed E-state index contributed by atoms with van der Waals surface area (Å²) < 4.78 is 5.18. The maximum absolute atomic E-state index is 10.9. The minimum atomic E-state index is -1.40. The summed E-state index contributed by atoms with van der Waals surface area (Å²) in [5.41, 5.74) is 8.28. The first-order valence-electron chi connectivity index (χ1n) is 7.97. The average molecular weight is 405 g/mol. The van der Waals surface area contributed by atoms with Crippen molar-refractivity contribution in [3.05, 3.63) is 54.3 Å². The number of aromatic nitrogens is 3. The Kier molecular flexibility index (Phi) is 7.86. The zero-order valence-electron chi connectivity index (χ0n) is 15.4. The topological polar surface area (TPSA) is 150 Å². The quantitative estimate of drug-likeness (QED) is 0.339. The normalized spacial score (nSPS) is 10.1. The summed E-state index contributed by atoms with van der Waals surface area (Å²) in [5.74, 6) is -1.67. The summed E-state index contributed by atoms with van der Waals surface area (Å²) in [5, 5.41) is 14.4. The van der Waals surface area contributed by atoms with Crippen molar-refractivity contribution in [2.24, 2.45) is 5.73 Å². The van der Waals surface area contributed by atoms with Crippen molar-refractivity contribution in [1.29, 1.82) is 0 Å². The van der Waals surface area contributed by atoms with E-state index in [9.17, 15) is 14.7 Å². The molecule has 0 aliphatic rings. The number of furan rings is 1. The first-order valence-corrected chi connectivity index (χ1v) is 7.97. The van der Waals surface area contributed by atoms with Gasteiger partial charge in [0.05, 0.1) is 23.4 Å². The number of nitrogens with zero attached hydrogens (tertiary/aromatic N) is 2. The maximum atomic E-state index is 10.9. The third kappa shape index (κ3) is 5.04. The van der Waals surface area contributed by atoms with Crippen molar-refractivity contribution in [2.45, 2.75) is 13.5 Å². The second-order valence-corrected chi connectivity index (χ2v) is 5.61. The van der Waals surface area contributed by atoms with E-state index in [4.69, 9.17) is 10.2 Å². The number of benzene rings is 1. The Hall–Kier alpha value is -2.08. The molecule has 0 aliphatic heterocycles. The smallest absolute Gasteiger partial charge is 0.543 e. The molecule has 3 heterocycles. The predicted octanol–water partition coefficient (Wildman–Crippen LogP) is -1.82. The molecule has 10 heteroatoms. The number of fused-ring (bicyclic) bond motifs is 2. The number of carboxylic acids is 1. The van der Waals surface area contributed by atoms with Gasteiger partial charge in [0, 0.05) is 25.1 Å². The minimum absolute atomic E-state index is 0. The van der Waals surface area contributed by atoms with Crippen molar-refractivity contribution >= 4 is 39.6 Å². The van der Waals surface area contributed by atoms with Crippen molar-refractivity contribution in [3.63, 3.8) is 0 Å². The van der Waals surface area contributed by atoms with Gasteiger partial charge < -0.3 is 30.4 Å². The molecule has 4 N–H and O–H groups in total. The Balaban J connectivity index is 0.000000205. The van der Waals surface area contributed by atoms with E-state index in [-0.39, 0.29) is 68.5 Å². The Morgan fingerprint density at radius 3 is 2.75 bits per heavy atom. The van der Waals surface area contributed by atoms with Crippen LogP contribution in [0.15, 0.2) is 47.5 Å². The molecule has 9 nitrogen and oxygen atoms in total. The third-order valence-corrected chi connectivity index (χ3v) is 3.72. The van der Waals surface area contributed by atoms with Crippen molar-refractivity contribution < 1.29 is 70.5 Å². The van der Waals surface area contributed by atoms with Crippen LogP contribution in [0.1, 0.15) is 23.0 Å². The third-order valence-electron chi connectivity index (χ3n) is 3.72. The molecule has 0 fully saturated rings. The number of aromatic carboxylic acids is 1. The number of carbonyl (C=O) groups is 2. The largest absolute Gasteiger partial charge is 1.00 e. The van der Waals surface area contributed by atoms with E-state index < -0.39 is 5.97 Å². The molecule has 0 spiro atoms. The van der Waals surface area contributed by atoms with E-state index in [0.29, 0.717) is 17.7 Å². The Morgan fingerprint density at radius 1 is 1.29 bits per heavy atom. The molecule has 0 radical (unpaired) electrons. The van der Waals surface area contributed by atoms with Crippen LogP contribution in [0.4, 0.5) is 5.69 Å². The number of carbonyl (C=O) groups excluding carboxylic acids is 2. The second kappa shape index (κ2) is 9.91. The SMILES string of the molecule is CC(=O)Nc1c[nH]c2c(C(=O)[O-])ncnc12.NCc1ccc2occc2c1.[K+]. The number of nitrogens with two attached hydrogens (primary N) is 1. The van der Waals surface area contributed by atoms with Gasteiger partial charge >= 0.3 is 51.4 Å². The summed E-state index contributed by atoms with van der Waals surface area (Å²) in [6, 6.07) is 7.90. The van der Waals surface area contributed by atoms with Crippen LogP contribution in [-0.4, -0.2) is 26.8 Å². The first-order chi connectivity index (χ1) is 13.0. The molecular weight excluding hydrogens is 389 g/mol. The summed E-state index contributed by atoms with van der Waals surface area (Å²) >= 11 is 0. The number of H-pyrrole nitrogens is 1. The van der Waals surface area contributed by atoms with Gasteiger partial charge in [-0.25, -0.2) is 9.97 Å². The van der Waals surface area contributed by atoms with Crippen LogP contribution in [0.25, 0.3) is 22.0 Å². The first kappa shape index (κ1) is 22.2. The van der Waals surface area contributed by atoms with Gasteiger partial charge in [-0.05, 0) is 23.8 Å². The van der Waals surface area contributed by atoms with E-state index >= 15 is 0 Å². The minimum Gasteiger partial charge on any atom is -0.543 e. The molecule has 28 heavy (non-hydrogen) atoms. The molecule has 0 saturated heterocycles. The van der Waals surface area contributed by atoms with Gasteiger partial charge in [-0.15, -0.1) is 0 Å². The van der Waals surface area contributed by atoms with Crippen molar-refractivity contribution in [2.75, 3.05) is 5.32 Å². The van der Waals surface area contributed by atoms with Crippen LogP contribution in [0.2, 0.25) is 0 Å². The molecule has 138 valence electrons. The van der Waals surface area contributed by atoms with Crippen LogP contribution in [0.5, 0.6) is 0 Å². The number of hydrogen-bond acceptors (Lipinski definition) is 7. The summed E-state index contributed by atoms with van der Waals surface area (Å²) in [6.45, 7) is 1.93. The van der Waals surface area contributed by atoms with Gasteiger partial charge in [0.1, 0.15) is 23.1 Å². The number of carboxylic acid groups (broad SMARTS) is 1. The van der Waals surface area contributed by atoms with E-state index in [1.165, 1.54) is 13.1 Å². The standard InChI is InChI=1S/C9H8N4O3.C9H9NO.K/c1-4(14)13-5-2-10-7-6(5)11-3-12-8(7)9(15)16;10-6-7-1-2-9-8(5-7)3-4-11-9;/h2-3,10H,1H3,(H,13,14)(H,15,16);1-5H,6,10H2;/q;;+1/p-1. The summed E-state index contributed by atoms with van der Waals surface area (Å²) in [7, 11) is 0. The molecule has 1 amide bonds. The fraction of sp³-hybridized carbons (Fsp3) is 0.111. The fourth-order valence-corrected chi connectivity index (χ4v) is 2.52. The van der Waals surface area contributed by atoms with Gasteiger partial charge in [-0.2, -0.15) is 0 Å². The molecule has 0 aliphatic carbocycles. The van der Waals surface area contributed by atoms with Crippen LogP contribution < -0.4 is 67.5 Å². The van der Waals surface area contributed by atoms with Gasteiger partial charge in [0.15, 0.2) is 0 Å². The molecule has 4 aromatic rings. The van der Waals surface area contributed by atoms with Crippen LogP contribution in [0, 0.1) is 0 Å². The summed E-state index contributed by atoms with van der Waals surface area (Å²) in [4.78, 5) is 31.8. The molecular formula is C18H16KN5O4. The summed E-state index contributed by atoms with van der Waals surface area (Å²) in [6.07, 6.45) is 4.24. The molecule has 0 bridgehead atoms. The number of hydrogen-bond donors (Lipinski definition) is 3. The van der Waals surface area contributed by atoms with E-state index in [2.05, 4.69) is 20.3 Å². The maximum Gasteiger partial charge on any atom is 1.00 e. The fourth-order valence-electron chi connectivity index (χ4n) is 2.52. The van der Waals surface area contributed by atoms with Crippen molar-refractivity contribution in [1.82, 2.24) is 15.0 Å². The Bertz CT molecular complexity index is 1120. The van der Waals surface area contributed by atoms with Gasteiger partial charge in [-0.1, -0.05) is 6.07 Å². The molecule has 4 rings (SSSR count). The van der Waals surface area contributed by atoms with Gasteiger partial charge in [-0.3, -0.25) is 4.79 Å². The average Bonchev–Trinajstić information content (AvgIpc) is 3.28. The number of anilines is 1. The Morgan fingerprint density at radius 2 is 2.07 bits per heavy atom. The zero-order chi connectivity index (χ0) is 19.4. The van der Waals surface area contributed by atoms with Crippen LogP contribution >= 0.6 is 0 Å². The number of aromatic amines is 1. The van der Waals surface area contributed by atoms with Gasteiger partial charge in [0.25, 0.3) is 0 Å². The van der Waals surface area contributed by atoms with Gasteiger partial charge in [0.2, 0.25) is 5.91 Å². The molecule has 0 unspecified atom stereocenters. The van der Waals surface area contributed by atoms with Crippen LogP contribution in [-0.2, 0) is 11.3 Å². The molecule has 3 aromatic heterocycles. The monoisotopic (exact) mass is 405 g/mol. The number of nitrogens with one attached hydrogen (secondary N) is 2. The van der Waals surface area contributed by atoms with E-state index in [0.717, 1.165) is 22.9 Å². The molecule has 0 atom stereocenters. The predicted molar refractivity (Wildman–Crippen MR) is 96.6 cm³/mol. The van der Waals surface area contributed by atoms with E-state index in [1.807, 2.05) is 24.3 Å². The van der Waals surface area contributed by atoms with E-state index in [1.54, 1.807) is 6.26 Å². The Labute approximate surface area is 202 Å². The van der Waals surface area contributed by atoms with Crippen LogP contribution in [0.3, 0.4) is 0 Å². The number of rotatable bonds is 3. The molecule has 0 saturated carbocycles.